The van der Waals surface area contributed by atoms with Crippen molar-refractivity contribution in [2.45, 2.75) is 6.92 Å². The summed E-state index contributed by atoms with van der Waals surface area (Å²) in [6, 6.07) is 7.17. The van der Waals surface area contributed by atoms with E-state index in [0.717, 1.165) is 5.56 Å². The molecular weight excluding hydrogens is 288 g/mol. The molecule has 0 radical (unpaired) electrons. The highest BCUT2D eigenvalue weighted by molar-refractivity contribution is 6.37. The van der Waals surface area contributed by atoms with E-state index in [-0.39, 0.29) is 5.78 Å². The first-order chi connectivity index (χ1) is 10.1. The molecule has 0 spiro atoms. The van der Waals surface area contributed by atoms with Gasteiger partial charge in [-0.3, -0.25) is 4.79 Å². The molecule has 0 amide bonds. The van der Waals surface area contributed by atoms with Crippen LogP contribution in [0, 0.1) is 6.92 Å². The lowest BCUT2D eigenvalue weighted by Crippen LogP contribution is -2.04. The predicted octanol–water partition coefficient (Wildman–Crippen LogP) is 3.76. The van der Waals surface area contributed by atoms with Gasteiger partial charge in [0.1, 0.15) is 11.4 Å². The van der Waals surface area contributed by atoms with Crippen LogP contribution in [0.1, 0.15) is 21.5 Å². The van der Waals surface area contributed by atoms with Crippen LogP contribution < -0.4 is 4.74 Å². The number of ketones is 1. The zero-order chi connectivity index (χ0) is 15.0. The number of aryl methyl sites for hydroxylation is 1. The highest BCUT2D eigenvalue weighted by atomic mass is 35.5. The number of aromatic amines is 1. The Morgan fingerprint density at radius 3 is 2.86 bits per heavy atom. The van der Waals surface area contributed by atoms with E-state index < -0.39 is 0 Å². The van der Waals surface area contributed by atoms with E-state index in [9.17, 15) is 4.79 Å². The minimum Gasteiger partial charge on any atom is -0.496 e. The van der Waals surface area contributed by atoms with E-state index in [1.165, 1.54) is 0 Å². The SMILES string of the molecule is COc1ccc(C)cc1C(=O)c1c[nH]c2nccc(Cl)c12. The molecule has 0 saturated carbocycles. The Morgan fingerprint density at radius 1 is 1.29 bits per heavy atom. The lowest BCUT2D eigenvalue weighted by atomic mass is 10.0. The molecule has 21 heavy (non-hydrogen) atoms. The molecule has 0 aliphatic rings. The number of H-pyrrole nitrogens is 1. The molecule has 3 aromatic rings. The quantitative estimate of drug-likeness (QED) is 0.749. The molecule has 5 heteroatoms. The molecular formula is C16H13ClN2O2. The van der Waals surface area contributed by atoms with Crippen molar-refractivity contribution in [1.82, 2.24) is 9.97 Å². The summed E-state index contributed by atoms with van der Waals surface area (Å²) in [6.07, 6.45) is 3.23. The normalized spacial score (nSPS) is 10.8. The van der Waals surface area contributed by atoms with E-state index in [4.69, 9.17) is 16.3 Å². The molecule has 0 atom stereocenters. The number of fused-ring (bicyclic) bond motifs is 1. The summed E-state index contributed by atoms with van der Waals surface area (Å²) < 4.78 is 5.28. The first kappa shape index (κ1) is 13.6. The summed E-state index contributed by atoms with van der Waals surface area (Å²) in [5.74, 6) is 0.400. The molecule has 0 saturated heterocycles. The molecule has 2 heterocycles. The van der Waals surface area contributed by atoms with Crippen LogP contribution in [0.5, 0.6) is 5.75 Å². The molecule has 0 aliphatic carbocycles. The van der Waals surface area contributed by atoms with Crippen molar-refractivity contribution in [2.24, 2.45) is 0 Å². The molecule has 0 fully saturated rings. The first-order valence-corrected chi connectivity index (χ1v) is 6.80. The van der Waals surface area contributed by atoms with Gasteiger partial charge in [0.15, 0.2) is 5.78 Å². The standard InChI is InChI=1S/C16H13ClN2O2/c1-9-3-4-13(21-2)10(7-9)15(20)11-8-19-16-14(11)12(17)5-6-18-16/h3-8H,1-2H3,(H,18,19). The number of nitrogens with one attached hydrogen (secondary N) is 1. The Kier molecular flexibility index (Phi) is 3.39. The number of carbonyl (C=O) groups is 1. The number of pyridine rings is 1. The van der Waals surface area contributed by atoms with Gasteiger partial charge in [0.2, 0.25) is 0 Å². The zero-order valence-electron chi connectivity index (χ0n) is 11.6. The van der Waals surface area contributed by atoms with E-state index in [1.54, 1.807) is 31.6 Å². The maximum Gasteiger partial charge on any atom is 0.199 e. The fourth-order valence-corrected chi connectivity index (χ4v) is 2.59. The number of hydrogen-bond donors (Lipinski definition) is 1. The van der Waals surface area contributed by atoms with Gasteiger partial charge in [0, 0.05) is 17.8 Å². The minimum absolute atomic E-state index is 0.142. The van der Waals surface area contributed by atoms with Gasteiger partial charge >= 0.3 is 0 Å². The average molecular weight is 301 g/mol. The predicted molar refractivity (Wildman–Crippen MR) is 82.3 cm³/mol. The number of benzene rings is 1. The Hall–Kier alpha value is -2.33. The highest BCUT2D eigenvalue weighted by Gasteiger charge is 2.20. The van der Waals surface area contributed by atoms with Gasteiger partial charge in [-0.25, -0.2) is 4.98 Å². The monoisotopic (exact) mass is 300 g/mol. The third kappa shape index (κ3) is 2.28. The second-order valence-electron chi connectivity index (χ2n) is 4.75. The topological polar surface area (TPSA) is 55.0 Å². The molecule has 4 nitrogen and oxygen atoms in total. The third-order valence-corrected chi connectivity index (χ3v) is 3.68. The van der Waals surface area contributed by atoms with E-state index in [0.29, 0.717) is 32.9 Å². The second kappa shape index (κ2) is 5.22. The smallest absolute Gasteiger partial charge is 0.199 e. The minimum atomic E-state index is -0.142. The number of rotatable bonds is 3. The molecule has 2 aromatic heterocycles. The van der Waals surface area contributed by atoms with E-state index >= 15 is 0 Å². The molecule has 1 aromatic carbocycles. The first-order valence-electron chi connectivity index (χ1n) is 6.42. The fourth-order valence-electron chi connectivity index (χ4n) is 2.34. The maximum atomic E-state index is 12.8. The van der Waals surface area contributed by atoms with Crippen molar-refractivity contribution >= 4 is 28.4 Å². The van der Waals surface area contributed by atoms with Gasteiger partial charge in [-0.1, -0.05) is 23.2 Å². The van der Waals surface area contributed by atoms with Crippen LogP contribution in [0.15, 0.2) is 36.7 Å². The van der Waals surface area contributed by atoms with Crippen molar-refractivity contribution in [1.29, 1.82) is 0 Å². The molecule has 0 unspecified atom stereocenters. The van der Waals surface area contributed by atoms with Crippen molar-refractivity contribution in [3.8, 4) is 5.75 Å². The summed E-state index contributed by atoms with van der Waals surface area (Å²) in [5, 5.41) is 1.13. The Bertz CT molecular complexity index is 839. The van der Waals surface area contributed by atoms with Crippen LogP contribution in [0.4, 0.5) is 0 Å². The van der Waals surface area contributed by atoms with Gasteiger partial charge in [-0.15, -0.1) is 0 Å². The highest BCUT2D eigenvalue weighted by Crippen LogP contribution is 2.29. The number of methoxy groups -OCH3 is 1. The van der Waals surface area contributed by atoms with Gasteiger partial charge in [0.05, 0.1) is 23.3 Å². The van der Waals surface area contributed by atoms with Crippen molar-refractivity contribution in [3.63, 3.8) is 0 Å². The fraction of sp³-hybridized carbons (Fsp3) is 0.125. The molecule has 3 rings (SSSR count). The van der Waals surface area contributed by atoms with Crippen LogP contribution in [0.2, 0.25) is 5.02 Å². The van der Waals surface area contributed by atoms with Crippen molar-refractivity contribution in [2.75, 3.05) is 7.11 Å². The zero-order valence-corrected chi connectivity index (χ0v) is 12.4. The number of nitrogens with zero attached hydrogens (tertiary/aromatic N) is 1. The second-order valence-corrected chi connectivity index (χ2v) is 5.16. The van der Waals surface area contributed by atoms with Gasteiger partial charge in [-0.2, -0.15) is 0 Å². The van der Waals surface area contributed by atoms with Crippen LogP contribution in [-0.4, -0.2) is 22.9 Å². The number of ether oxygens (including phenoxy) is 1. The largest absolute Gasteiger partial charge is 0.496 e. The lowest BCUT2D eigenvalue weighted by Gasteiger charge is -2.08. The van der Waals surface area contributed by atoms with E-state index in [2.05, 4.69) is 9.97 Å². The molecule has 106 valence electrons. The van der Waals surface area contributed by atoms with Crippen LogP contribution >= 0.6 is 11.6 Å². The van der Waals surface area contributed by atoms with Gasteiger partial charge < -0.3 is 9.72 Å². The van der Waals surface area contributed by atoms with Crippen LogP contribution in [0.25, 0.3) is 11.0 Å². The Labute approximate surface area is 126 Å². The van der Waals surface area contributed by atoms with Gasteiger partial charge in [0.25, 0.3) is 0 Å². The van der Waals surface area contributed by atoms with E-state index in [1.807, 2.05) is 19.1 Å². The summed E-state index contributed by atoms with van der Waals surface area (Å²) in [7, 11) is 1.55. The Morgan fingerprint density at radius 2 is 2.10 bits per heavy atom. The maximum absolute atomic E-state index is 12.8. The average Bonchev–Trinajstić information content (AvgIpc) is 2.92. The summed E-state index contributed by atoms with van der Waals surface area (Å²) in [5.41, 5.74) is 2.59. The van der Waals surface area contributed by atoms with Crippen LogP contribution in [0.3, 0.4) is 0 Å². The molecule has 1 N–H and O–H groups in total. The number of aromatic nitrogens is 2. The van der Waals surface area contributed by atoms with Crippen LogP contribution in [-0.2, 0) is 0 Å². The van der Waals surface area contributed by atoms with Gasteiger partial charge in [-0.05, 0) is 25.1 Å². The molecule has 0 bridgehead atoms. The Balaban J connectivity index is 2.20. The molecule has 0 aliphatic heterocycles. The number of halogens is 1. The number of carbonyl (C=O) groups excluding carboxylic acids is 1. The third-order valence-electron chi connectivity index (χ3n) is 3.37. The summed E-state index contributed by atoms with van der Waals surface area (Å²) in [6.45, 7) is 1.93. The number of hydrogen-bond acceptors (Lipinski definition) is 3. The summed E-state index contributed by atoms with van der Waals surface area (Å²) >= 11 is 6.20. The summed E-state index contributed by atoms with van der Waals surface area (Å²) in [4.78, 5) is 20.0. The lowest BCUT2D eigenvalue weighted by molar-refractivity contribution is 0.103. The van der Waals surface area contributed by atoms with Crippen molar-refractivity contribution < 1.29 is 9.53 Å². The van der Waals surface area contributed by atoms with Crippen molar-refractivity contribution in [3.05, 3.63) is 58.4 Å².